The first-order chi connectivity index (χ1) is 15.9. The van der Waals surface area contributed by atoms with Crippen LogP contribution in [0.1, 0.15) is 49.9 Å². The topological polar surface area (TPSA) is 122 Å². The molecule has 3 rings (SSSR count). The number of hydrazine groups is 1. The van der Waals surface area contributed by atoms with Crippen molar-refractivity contribution in [2.75, 3.05) is 5.75 Å². The van der Waals surface area contributed by atoms with Gasteiger partial charge < -0.3 is 9.88 Å². The zero-order chi connectivity index (χ0) is 25.0. The van der Waals surface area contributed by atoms with Gasteiger partial charge in [-0.05, 0) is 43.7 Å². The van der Waals surface area contributed by atoms with E-state index in [1.54, 1.807) is 24.1 Å². The maximum atomic E-state index is 14.5. The van der Waals surface area contributed by atoms with Crippen molar-refractivity contribution in [3.8, 4) is 11.3 Å². The predicted octanol–water partition coefficient (Wildman–Crippen LogP) is 2.77. The Kier molecular flexibility index (Phi) is 8.32. The van der Waals surface area contributed by atoms with Gasteiger partial charge in [-0.25, -0.2) is 17.8 Å². The zero-order valence-corrected chi connectivity index (χ0v) is 20.8. The highest BCUT2D eigenvalue weighted by Gasteiger charge is 2.27. The van der Waals surface area contributed by atoms with Gasteiger partial charge in [0.1, 0.15) is 0 Å². The van der Waals surface area contributed by atoms with E-state index in [-0.39, 0.29) is 34.6 Å². The van der Waals surface area contributed by atoms with E-state index in [0.29, 0.717) is 36.9 Å². The quantitative estimate of drug-likeness (QED) is 0.468. The minimum atomic E-state index is -3.86. The highest BCUT2D eigenvalue weighted by molar-refractivity contribution is 7.89. The molecule has 0 atom stereocenters. The van der Waals surface area contributed by atoms with Crippen molar-refractivity contribution in [1.82, 2.24) is 25.1 Å². The van der Waals surface area contributed by atoms with Crippen LogP contribution in [0.5, 0.6) is 0 Å². The van der Waals surface area contributed by atoms with Gasteiger partial charge in [0.05, 0.1) is 28.4 Å². The van der Waals surface area contributed by atoms with Crippen molar-refractivity contribution < 1.29 is 22.4 Å². The molecule has 3 N–H and O–H groups in total. The van der Waals surface area contributed by atoms with Crippen molar-refractivity contribution in [3.05, 3.63) is 41.1 Å². The summed E-state index contributed by atoms with van der Waals surface area (Å²) in [5, 5.41) is 2.69. The van der Waals surface area contributed by atoms with E-state index < -0.39 is 27.3 Å². The minimum Gasteiger partial charge on any atom is -0.353 e. The summed E-state index contributed by atoms with van der Waals surface area (Å²) >= 11 is 5.94. The van der Waals surface area contributed by atoms with Crippen LogP contribution in [-0.2, 0) is 21.9 Å². The van der Waals surface area contributed by atoms with Gasteiger partial charge in [-0.15, -0.1) is 4.83 Å². The monoisotopic (exact) mass is 513 g/mol. The van der Waals surface area contributed by atoms with Crippen LogP contribution >= 0.6 is 11.6 Å². The number of hydrogen-bond donors (Lipinski definition) is 3. The van der Waals surface area contributed by atoms with Gasteiger partial charge in [-0.1, -0.05) is 25.4 Å². The Labute approximate surface area is 203 Å². The number of carbonyl (C=O) groups excluding carboxylic acids is 2. The first kappa shape index (κ1) is 26.1. The Balaban J connectivity index is 1.57. The highest BCUT2D eigenvalue weighted by atomic mass is 35.5. The lowest BCUT2D eigenvalue weighted by Crippen LogP contribution is -2.45. The standard InChI is InChI=1S/C22H29ClFN5O4S/c1-13(2)21(30)26-16-6-4-14(5-7-16)11-34(32,33)28-27-22(31)17-8-15(9-18(23)20(17)24)19-10-29(3)12-25-19/h8-10,12-14,16,28H,4-7,11H2,1-3H3,(H,26,30)(H,27,31). The molecule has 1 aromatic heterocycles. The van der Waals surface area contributed by atoms with E-state index in [9.17, 15) is 22.4 Å². The van der Waals surface area contributed by atoms with Gasteiger partial charge in [-0.3, -0.25) is 15.0 Å². The fourth-order valence-electron chi connectivity index (χ4n) is 3.85. The van der Waals surface area contributed by atoms with Crippen molar-refractivity contribution in [1.29, 1.82) is 0 Å². The summed E-state index contributed by atoms with van der Waals surface area (Å²) in [5.74, 6) is -2.34. The number of hydrogen-bond acceptors (Lipinski definition) is 5. The molecule has 34 heavy (non-hydrogen) atoms. The predicted molar refractivity (Wildman–Crippen MR) is 127 cm³/mol. The molecule has 2 aromatic rings. The van der Waals surface area contributed by atoms with E-state index in [0.717, 1.165) is 0 Å². The van der Waals surface area contributed by atoms with Crippen LogP contribution < -0.4 is 15.6 Å². The number of aryl methyl sites for hydroxylation is 1. The van der Waals surface area contributed by atoms with Gasteiger partial charge in [0.15, 0.2) is 5.82 Å². The molecule has 0 unspecified atom stereocenters. The molecule has 0 aliphatic heterocycles. The first-order valence-electron chi connectivity index (χ1n) is 11.0. The van der Waals surface area contributed by atoms with Crippen LogP contribution in [0.15, 0.2) is 24.7 Å². The fraction of sp³-hybridized carbons (Fsp3) is 0.500. The summed E-state index contributed by atoms with van der Waals surface area (Å²) in [4.78, 5) is 30.6. The summed E-state index contributed by atoms with van der Waals surface area (Å²) in [6.07, 6.45) is 5.87. The van der Waals surface area contributed by atoms with E-state index in [4.69, 9.17) is 11.6 Å². The Morgan fingerprint density at radius 2 is 1.91 bits per heavy atom. The zero-order valence-electron chi connectivity index (χ0n) is 19.3. The summed E-state index contributed by atoms with van der Waals surface area (Å²) in [5.41, 5.74) is 2.57. The largest absolute Gasteiger partial charge is 0.353 e. The summed E-state index contributed by atoms with van der Waals surface area (Å²) in [7, 11) is -2.10. The summed E-state index contributed by atoms with van der Waals surface area (Å²) in [6, 6.07) is 2.65. The van der Waals surface area contributed by atoms with Gasteiger partial charge in [-0.2, -0.15) is 0 Å². The van der Waals surface area contributed by atoms with Crippen LogP contribution in [0, 0.1) is 17.7 Å². The van der Waals surface area contributed by atoms with Gasteiger partial charge in [0, 0.05) is 30.8 Å². The molecule has 1 fully saturated rings. The molecular weight excluding hydrogens is 485 g/mol. The fourth-order valence-corrected chi connectivity index (χ4v) is 5.35. The maximum Gasteiger partial charge on any atom is 0.269 e. The summed E-state index contributed by atoms with van der Waals surface area (Å²) in [6.45, 7) is 3.64. The van der Waals surface area contributed by atoms with Gasteiger partial charge in [0.25, 0.3) is 5.91 Å². The van der Waals surface area contributed by atoms with Crippen molar-refractivity contribution in [2.24, 2.45) is 18.9 Å². The molecule has 0 saturated heterocycles. The van der Waals surface area contributed by atoms with Crippen LogP contribution in [0.25, 0.3) is 11.3 Å². The second-order valence-electron chi connectivity index (χ2n) is 8.96. The van der Waals surface area contributed by atoms with E-state index >= 15 is 0 Å². The maximum absolute atomic E-state index is 14.5. The molecule has 1 saturated carbocycles. The van der Waals surface area contributed by atoms with Crippen LogP contribution in [0.2, 0.25) is 5.02 Å². The average molecular weight is 514 g/mol. The number of amides is 2. The van der Waals surface area contributed by atoms with E-state index in [1.807, 2.05) is 18.7 Å². The molecule has 9 nitrogen and oxygen atoms in total. The van der Waals surface area contributed by atoms with E-state index in [1.165, 1.54) is 12.1 Å². The number of imidazole rings is 1. The lowest BCUT2D eigenvalue weighted by atomic mass is 9.87. The molecular formula is C22H29ClFN5O4S. The third-order valence-corrected chi connectivity index (χ3v) is 7.36. The number of aromatic nitrogens is 2. The van der Waals surface area contributed by atoms with Crippen molar-refractivity contribution in [3.63, 3.8) is 0 Å². The number of sulfonamides is 1. The van der Waals surface area contributed by atoms with Crippen LogP contribution in [0.3, 0.4) is 0 Å². The second-order valence-corrected chi connectivity index (χ2v) is 11.1. The Morgan fingerprint density at radius 3 is 2.50 bits per heavy atom. The smallest absolute Gasteiger partial charge is 0.269 e. The highest BCUT2D eigenvalue weighted by Crippen LogP contribution is 2.27. The average Bonchev–Trinajstić information content (AvgIpc) is 3.21. The minimum absolute atomic E-state index is 0.0140. The lowest BCUT2D eigenvalue weighted by Gasteiger charge is -2.29. The molecule has 186 valence electrons. The van der Waals surface area contributed by atoms with Crippen molar-refractivity contribution in [2.45, 2.75) is 45.6 Å². The number of nitrogens with zero attached hydrogens (tertiary/aromatic N) is 2. The second kappa shape index (κ2) is 10.8. The number of carbonyl (C=O) groups is 2. The Hall–Kier alpha value is -2.50. The SMILES string of the molecule is CC(C)C(=O)NC1CCC(CS(=O)(=O)NNC(=O)c2cc(-c3cn(C)cn3)cc(Cl)c2F)CC1. The number of nitrogens with one attached hydrogen (secondary N) is 3. The number of rotatable bonds is 8. The molecule has 1 aliphatic rings. The van der Waals surface area contributed by atoms with Crippen molar-refractivity contribution >= 4 is 33.4 Å². The molecule has 1 aliphatic carbocycles. The molecule has 0 spiro atoms. The Morgan fingerprint density at radius 1 is 1.24 bits per heavy atom. The first-order valence-corrected chi connectivity index (χ1v) is 13.1. The molecule has 12 heteroatoms. The van der Waals surface area contributed by atoms with Gasteiger partial charge >= 0.3 is 0 Å². The number of halogens is 2. The molecule has 1 aromatic carbocycles. The molecule has 1 heterocycles. The third kappa shape index (κ3) is 6.77. The molecule has 2 amide bonds. The normalized spacial score (nSPS) is 18.6. The molecule has 0 bridgehead atoms. The lowest BCUT2D eigenvalue weighted by molar-refractivity contribution is -0.125. The third-order valence-electron chi connectivity index (χ3n) is 5.77. The van der Waals surface area contributed by atoms with Crippen LogP contribution in [0.4, 0.5) is 4.39 Å². The number of benzene rings is 1. The Bertz CT molecular complexity index is 1160. The van der Waals surface area contributed by atoms with Crippen LogP contribution in [-0.4, -0.2) is 41.6 Å². The van der Waals surface area contributed by atoms with Gasteiger partial charge in [0.2, 0.25) is 15.9 Å². The molecule has 0 radical (unpaired) electrons. The van der Waals surface area contributed by atoms with E-state index in [2.05, 4.69) is 15.7 Å². The summed E-state index contributed by atoms with van der Waals surface area (Å²) < 4.78 is 41.2.